The van der Waals surface area contributed by atoms with Crippen LogP contribution in [0.5, 0.6) is 0 Å². The van der Waals surface area contributed by atoms with Crippen molar-refractivity contribution >= 4 is 5.82 Å². The number of rotatable bonds is 5. The molecule has 15 heavy (non-hydrogen) atoms. The number of likely N-dealkylation sites (N-methyl/N-ethyl adjacent to an activating group) is 1. The Bertz CT molecular complexity index is 304. The van der Waals surface area contributed by atoms with Gasteiger partial charge in [0, 0.05) is 19.3 Å². The van der Waals surface area contributed by atoms with Crippen molar-refractivity contribution in [3.8, 4) is 0 Å². The molecule has 0 fully saturated rings. The molecular formula is C11H19N3O. The van der Waals surface area contributed by atoms with E-state index in [2.05, 4.69) is 10.3 Å². The zero-order valence-electron chi connectivity index (χ0n) is 9.53. The molecule has 2 atom stereocenters. The van der Waals surface area contributed by atoms with Crippen LogP contribution in [0.4, 0.5) is 5.82 Å². The van der Waals surface area contributed by atoms with Crippen molar-refractivity contribution in [3.05, 3.63) is 23.9 Å². The molecule has 1 aromatic rings. The maximum absolute atomic E-state index is 5.79. The number of pyridine rings is 1. The van der Waals surface area contributed by atoms with E-state index in [0.29, 0.717) is 5.82 Å². The lowest BCUT2D eigenvalue weighted by atomic mass is 10.0. The number of hydrogen-bond donors (Lipinski definition) is 2. The third-order valence-corrected chi connectivity index (χ3v) is 2.68. The van der Waals surface area contributed by atoms with Gasteiger partial charge in [-0.2, -0.15) is 0 Å². The number of nitrogens with two attached hydrogens (primary N) is 1. The Labute approximate surface area is 90.8 Å². The fraction of sp³-hybridized carbons (Fsp3) is 0.545. The number of nitrogens with zero attached hydrogens (tertiary/aromatic N) is 1. The molecular weight excluding hydrogens is 190 g/mol. The first kappa shape index (κ1) is 11.9. The minimum absolute atomic E-state index is 0.148. The van der Waals surface area contributed by atoms with Gasteiger partial charge in [-0.25, -0.2) is 4.98 Å². The van der Waals surface area contributed by atoms with Crippen LogP contribution in [0.3, 0.4) is 0 Å². The number of nitrogen functional groups attached to an aromatic ring is 1. The van der Waals surface area contributed by atoms with E-state index < -0.39 is 0 Å². The Morgan fingerprint density at radius 3 is 2.87 bits per heavy atom. The lowest BCUT2D eigenvalue weighted by Crippen LogP contribution is -2.39. The molecule has 0 amide bonds. The van der Waals surface area contributed by atoms with E-state index in [9.17, 15) is 0 Å². The standard InChI is InChI=1S/C11H19N3O/c1-8(15-3)10(13-2)7-9-5-4-6-14-11(9)12/h4-6,8,10,13H,7H2,1-3H3,(H2,12,14). The largest absolute Gasteiger partial charge is 0.383 e. The van der Waals surface area contributed by atoms with E-state index >= 15 is 0 Å². The molecule has 1 aromatic heterocycles. The topological polar surface area (TPSA) is 60.2 Å². The average Bonchev–Trinajstić information content (AvgIpc) is 2.27. The van der Waals surface area contributed by atoms with Gasteiger partial charge >= 0.3 is 0 Å². The van der Waals surface area contributed by atoms with Crippen LogP contribution in [0.1, 0.15) is 12.5 Å². The van der Waals surface area contributed by atoms with E-state index in [1.807, 2.05) is 26.1 Å². The summed E-state index contributed by atoms with van der Waals surface area (Å²) < 4.78 is 5.29. The Hall–Kier alpha value is -1.13. The number of ether oxygens (including phenoxy) is 1. The number of nitrogens with one attached hydrogen (secondary N) is 1. The SMILES string of the molecule is CNC(Cc1cccnc1N)C(C)OC. The van der Waals surface area contributed by atoms with Crippen LogP contribution in [0.2, 0.25) is 0 Å². The zero-order valence-corrected chi connectivity index (χ0v) is 9.53. The fourth-order valence-corrected chi connectivity index (χ4v) is 1.53. The first-order valence-corrected chi connectivity index (χ1v) is 5.08. The van der Waals surface area contributed by atoms with Gasteiger partial charge in [0.25, 0.3) is 0 Å². The number of aromatic nitrogens is 1. The van der Waals surface area contributed by atoms with Gasteiger partial charge in [-0.05, 0) is 32.0 Å². The van der Waals surface area contributed by atoms with Crippen molar-refractivity contribution < 1.29 is 4.74 Å². The predicted octanol–water partition coefficient (Wildman–Crippen LogP) is 0.829. The van der Waals surface area contributed by atoms with E-state index in [1.54, 1.807) is 13.3 Å². The first-order chi connectivity index (χ1) is 7.19. The number of methoxy groups -OCH3 is 1. The summed E-state index contributed by atoms with van der Waals surface area (Å²) in [5, 5.41) is 3.22. The molecule has 0 saturated carbocycles. The van der Waals surface area contributed by atoms with Crippen LogP contribution in [-0.4, -0.2) is 31.3 Å². The van der Waals surface area contributed by atoms with Gasteiger partial charge in [0.15, 0.2) is 0 Å². The van der Waals surface area contributed by atoms with Crippen molar-refractivity contribution in [1.82, 2.24) is 10.3 Å². The van der Waals surface area contributed by atoms with Gasteiger partial charge in [0.2, 0.25) is 0 Å². The van der Waals surface area contributed by atoms with Crippen LogP contribution in [-0.2, 0) is 11.2 Å². The highest BCUT2D eigenvalue weighted by Gasteiger charge is 2.16. The zero-order chi connectivity index (χ0) is 11.3. The molecule has 0 aliphatic heterocycles. The third kappa shape index (κ3) is 3.18. The van der Waals surface area contributed by atoms with Gasteiger partial charge in [0.1, 0.15) is 5.82 Å². The monoisotopic (exact) mass is 209 g/mol. The van der Waals surface area contributed by atoms with Crippen molar-refractivity contribution in [3.63, 3.8) is 0 Å². The number of hydrogen-bond acceptors (Lipinski definition) is 4. The smallest absolute Gasteiger partial charge is 0.126 e. The van der Waals surface area contributed by atoms with Crippen LogP contribution >= 0.6 is 0 Å². The van der Waals surface area contributed by atoms with Crippen molar-refractivity contribution in [2.75, 3.05) is 19.9 Å². The van der Waals surface area contributed by atoms with Gasteiger partial charge < -0.3 is 15.8 Å². The minimum Gasteiger partial charge on any atom is -0.383 e. The molecule has 4 heteroatoms. The van der Waals surface area contributed by atoms with Crippen LogP contribution < -0.4 is 11.1 Å². The van der Waals surface area contributed by atoms with Gasteiger partial charge in [-0.3, -0.25) is 0 Å². The highest BCUT2D eigenvalue weighted by molar-refractivity contribution is 5.38. The molecule has 0 aliphatic carbocycles. The predicted molar refractivity (Wildman–Crippen MR) is 61.7 cm³/mol. The second kappa shape index (κ2) is 5.68. The Morgan fingerprint density at radius 2 is 2.33 bits per heavy atom. The second-order valence-corrected chi connectivity index (χ2v) is 3.59. The Kier molecular flexibility index (Phi) is 4.52. The average molecular weight is 209 g/mol. The van der Waals surface area contributed by atoms with E-state index in [1.165, 1.54) is 0 Å². The summed E-state index contributed by atoms with van der Waals surface area (Å²) >= 11 is 0. The molecule has 1 heterocycles. The summed E-state index contributed by atoms with van der Waals surface area (Å²) in [5.41, 5.74) is 6.84. The van der Waals surface area contributed by atoms with Crippen molar-refractivity contribution in [2.24, 2.45) is 0 Å². The third-order valence-electron chi connectivity index (χ3n) is 2.68. The molecule has 0 saturated heterocycles. The van der Waals surface area contributed by atoms with Gasteiger partial charge in [-0.1, -0.05) is 6.07 Å². The molecule has 4 nitrogen and oxygen atoms in total. The number of anilines is 1. The Balaban J connectivity index is 2.71. The summed E-state index contributed by atoms with van der Waals surface area (Å²) in [5.74, 6) is 0.598. The normalized spacial score (nSPS) is 14.9. The lowest BCUT2D eigenvalue weighted by Gasteiger charge is -2.22. The summed E-state index contributed by atoms with van der Waals surface area (Å²) in [6.45, 7) is 2.04. The molecule has 84 valence electrons. The van der Waals surface area contributed by atoms with Crippen molar-refractivity contribution in [2.45, 2.75) is 25.5 Å². The summed E-state index contributed by atoms with van der Waals surface area (Å²) in [4.78, 5) is 4.06. The first-order valence-electron chi connectivity index (χ1n) is 5.08. The molecule has 2 unspecified atom stereocenters. The minimum atomic E-state index is 0.148. The maximum Gasteiger partial charge on any atom is 0.126 e. The molecule has 3 N–H and O–H groups in total. The fourth-order valence-electron chi connectivity index (χ4n) is 1.53. The van der Waals surface area contributed by atoms with Crippen LogP contribution in [0.25, 0.3) is 0 Å². The Morgan fingerprint density at radius 1 is 1.60 bits per heavy atom. The second-order valence-electron chi connectivity index (χ2n) is 3.59. The molecule has 0 aliphatic rings. The lowest BCUT2D eigenvalue weighted by molar-refractivity contribution is 0.0857. The molecule has 0 spiro atoms. The molecule has 0 bridgehead atoms. The summed E-state index contributed by atoms with van der Waals surface area (Å²) in [7, 11) is 3.63. The van der Waals surface area contributed by atoms with E-state index in [4.69, 9.17) is 10.5 Å². The van der Waals surface area contributed by atoms with Crippen LogP contribution in [0.15, 0.2) is 18.3 Å². The molecule has 1 rings (SSSR count). The van der Waals surface area contributed by atoms with Gasteiger partial charge in [0.05, 0.1) is 6.10 Å². The van der Waals surface area contributed by atoms with Gasteiger partial charge in [-0.15, -0.1) is 0 Å². The maximum atomic E-state index is 5.79. The summed E-state index contributed by atoms with van der Waals surface area (Å²) in [6, 6.07) is 4.15. The van der Waals surface area contributed by atoms with E-state index in [0.717, 1.165) is 12.0 Å². The van der Waals surface area contributed by atoms with Crippen LogP contribution in [0, 0.1) is 0 Å². The highest BCUT2D eigenvalue weighted by atomic mass is 16.5. The molecule has 0 aromatic carbocycles. The highest BCUT2D eigenvalue weighted by Crippen LogP contribution is 2.12. The van der Waals surface area contributed by atoms with Crippen molar-refractivity contribution in [1.29, 1.82) is 0 Å². The molecule has 0 radical (unpaired) electrons. The summed E-state index contributed by atoms with van der Waals surface area (Å²) in [6.07, 6.45) is 2.67. The quantitative estimate of drug-likeness (QED) is 0.754. The van der Waals surface area contributed by atoms with E-state index in [-0.39, 0.29) is 12.1 Å².